The summed E-state index contributed by atoms with van der Waals surface area (Å²) in [5, 5.41) is 42.6. The Hall–Kier alpha value is -3.80. The Labute approximate surface area is 328 Å². The molecule has 0 bridgehead atoms. The number of halogens is 1. The molecule has 16 heteroatoms. The van der Waals surface area contributed by atoms with Crippen LogP contribution in [0.2, 0.25) is 5.02 Å². The number of aliphatic hydroxyl groups excluding tert-OH is 1. The highest BCUT2D eigenvalue weighted by atomic mass is 35.5. The SMILES string of the molecule is COc1cc(NC(=O)CCN2CCC3(CC2)CC(OC(=O)C(O)(c2cccs2)c2cccs2)C3)c(Cl)cc1CNC[C@H](O)c1ccc(O)c2[nH]c(=O)sc12. The number of phenolic OH excluding ortho intramolecular Hbond substituents is 1. The monoisotopic (exact) mass is 812 g/mol. The predicted octanol–water partition coefficient (Wildman–Crippen LogP) is 5.96. The summed E-state index contributed by atoms with van der Waals surface area (Å²) in [6, 6.07) is 13.6. The molecule has 7 rings (SSSR count). The van der Waals surface area contributed by atoms with Gasteiger partial charge in [-0.05, 0) is 79.2 Å². The fourth-order valence-electron chi connectivity index (χ4n) is 7.42. The van der Waals surface area contributed by atoms with Gasteiger partial charge in [0.15, 0.2) is 0 Å². The van der Waals surface area contributed by atoms with Gasteiger partial charge in [-0.15, -0.1) is 22.7 Å². The molecule has 3 aromatic heterocycles. The zero-order valence-corrected chi connectivity index (χ0v) is 32.6. The maximum Gasteiger partial charge on any atom is 0.349 e. The highest BCUT2D eigenvalue weighted by Gasteiger charge is 2.51. The Morgan fingerprint density at radius 1 is 1.11 bits per heavy atom. The summed E-state index contributed by atoms with van der Waals surface area (Å²) in [5.41, 5.74) is 0.300. The predicted molar refractivity (Wildman–Crippen MR) is 211 cm³/mol. The molecule has 1 aliphatic carbocycles. The second-order valence-electron chi connectivity index (χ2n) is 13.9. The van der Waals surface area contributed by atoms with E-state index in [2.05, 4.69) is 20.5 Å². The number of carbonyl (C=O) groups excluding carboxylic acids is 2. The van der Waals surface area contributed by atoms with Crippen molar-refractivity contribution >= 4 is 73.4 Å². The number of aromatic hydroxyl groups is 1. The Kier molecular flexibility index (Phi) is 11.5. The third kappa shape index (κ3) is 7.95. The van der Waals surface area contributed by atoms with E-state index in [1.807, 2.05) is 22.9 Å². The molecule has 2 aliphatic rings. The maximum absolute atomic E-state index is 13.3. The number of nitrogens with one attached hydrogen (secondary N) is 3. The van der Waals surface area contributed by atoms with Crippen molar-refractivity contribution < 1.29 is 34.4 Å². The number of methoxy groups -OCH3 is 1. The number of anilines is 1. The molecule has 54 heavy (non-hydrogen) atoms. The second kappa shape index (κ2) is 16.1. The summed E-state index contributed by atoms with van der Waals surface area (Å²) in [5.74, 6) is -0.330. The van der Waals surface area contributed by atoms with E-state index in [4.69, 9.17) is 21.1 Å². The summed E-state index contributed by atoms with van der Waals surface area (Å²) in [4.78, 5) is 43.8. The number of phenols is 1. The van der Waals surface area contributed by atoms with Crippen LogP contribution in [0.5, 0.6) is 11.5 Å². The molecule has 6 N–H and O–H groups in total. The minimum atomic E-state index is -1.80. The lowest BCUT2D eigenvalue weighted by Gasteiger charge is -2.51. The van der Waals surface area contributed by atoms with Crippen LogP contribution in [0.1, 0.15) is 59.1 Å². The number of carbonyl (C=O) groups is 2. The summed E-state index contributed by atoms with van der Waals surface area (Å²) in [7, 11) is 1.53. The fourth-order valence-corrected chi connectivity index (χ4v) is 10.3. The van der Waals surface area contributed by atoms with Crippen molar-refractivity contribution in [2.45, 2.75) is 56.5 Å². The number of aromatic nitrogens is 1. The molecule has 1 spiro atoms. The summed E-state index contributed by atoms with van der Waals surface area (Å²) < 4.78 is 12.0. The average Bonchev–Trinajstić information content (AvgIpc) is 3.95. The zero-order valence-electron chi connectivity index (χ0n) is 29.4. The van der Waals surface area contributed by atoms with Crippen molar-refractivity contribution in [3.63, 3.8) is 0 Å². The largest absolute Gasteiger partial charge is 0.506 e. The number of thiazole rings is 1. The van der Waals surface area contributed by atoms with E-state index < -0.39 is 17.7 Å². The van der Waals surface area contributed by atoms with Gasteiger partial charge < -0.3 is 45.3 Å². The first kappa shape index (κ1) is 38.5. The molecule has 1 saturated heterocycles. The van der Waals surface area contributed by atoms with Crippen LogP contribution < -0.4 is 20.2 Å². The minimum Gasteiger partial charge on any atom is -0.506 e. The molecule has 4 heterocycles. The third-order valence-corrected chi connectivity index (χ3v) is 13.7. The van der Waals surface area contributed by atoms with Crippen LogP contribution in [-0.2, 0) is 26.5 Å². The number of H-pyrrole nitrogens is 1. The molecular formula is C38H41ClN4O8S3. The number of hydrogen-bond acceptors (Lipinski definition) is 13. The molecule has 286 valence electrons. The van der Waals surface area contributed by atoms with Crippen molar-refractivity contribution in [2.75, 3.05) is 38.6 Å². The van der Waals surface area contributed by atoms with Gasteiger partial charge in [-0.25, -0.2) is 4.79 Å². The van der Waals surface area contributed by atoms with Gasteiger partial charge in [0.05, 0.1) is 38.4 Å². The van der Waals surface area contributed by atoms with E-state index in [-0.39, 0.29) is 41.0 Å². The maximum atomic E-state index is 13.3. The number of fused-ring (bicyclic) bond motifs is 1. The van der Waals surface area contributed by atoms with E-state index in [0.717, 1.165) is 55.7 Å². The number of aromatic amines is 1. The quantitative estimate of drug-likeness (QED) is 0.0736. The number of aliphatic hydroxyl groups is 2. The summed E-state index contributed by atoms with van der Waals surface area (Å²) in [6.07, 6.45) is 2.55. The van der Waals surface area contributed by atoms with E-state index in [1.165, 1.54) is 35.8 Å². The number of rotatable bonds is 14. The standard InChI is InChI=1S/C38H41ClN4O8S3/c1-50-29-17-26(25(39)16-22(29)20-40-21-28(45)24-6-7-27(44)33-34(24)54-36(48)42-33)41-32(46)8-11-43-12-9-37(10-13-43)18-23(19-37)51-35(47)38(49,30-4-2-14-52-30)31-5-3-15-53-31/h2-7,14-17,23,28,40,44-45,49H,8-13,18-21H2,1H3,(H,41,46)(H,42,48)/t28-/m0/s1. The number of piperidine rings is 1. The molecule has 5 aromatic rings. The molecule has 1 saturated carbocycles. The number of esters is 1. The second-order valence-corrected chi connectivity index (χ2v) is 17.2. The van der Waals surface area contributed by atoms with E-state index in [9.17, 15) is 29.7 Å². The van der Waals surface area contributed by atoms with Crippen LogP contribution in [0, 0.1) is 5.41 Å². The zero-order chi connectivity index (χ0) is 38.0. The molecular weight excluding hydrogens is 772 g/mol. The van der Waals surface area contributed by atoms with Crippen LogP contribution in [0.15, 0.2) is 64.1 Å². The van der Waals surface area contributed by atoms with Crippen LogP contribution >= 0.6 is 45.6 Å². The lowest BCUT2D eigenvalue weighted by Crippen LogP contribution is -2.52. The number of ether oxygens (including phenoxy) is 2. The molecule has 1 aliphatic heterocycles. The van der Waals surface area contributed by atoms with Gasteiger partial charge in [-0.1, -0.05) is 41.1 Å². The Bertz CT molecular complexity index is 2120. The van der Waals surface area contributed by atoms with Gasteiger partial charge >= 0.3 is 10.8 Å². The minimum absolute atomic E-state index is 0.0555. The molecule has 12 nitrogen and oxygen atoms in total. The molecule has 0 unspecified atom stereocenters. The fraction of sp³-hybridized carbons (Fsp3) is 0.395. The highest BCUT2D eigenvalue weighted by Crippen LogP contribution is 2.51. The van der Waals surface area contributed by atoms with Crippen LogP contribution in [0.3, 0.4) is 0 Å². The lowest BCUT2D eigenvalue weighted by molar-refractivity contribution is -0.181. The summed E-state index contributed by atoms with van der Waals surface area (Å²) >= 11 is 10.2. The summed E-state index contributed by atoms with van der Waals surface area (Å²) in [6.45, 7) is 2.76. The van der Waals surface area contributed by atoms with Crippen molar-refractivity contribution in [1.29, 1.82) is 0 Å². The van der Waals surface area contributed by atoms with Gasteiger partial charge in [0.1, 0.15) is 23.1 Å². The number of benzene rings is 2. The number of thiophene rings is 2. The van der Waals surface area contributed by atoms with Crippen LogP contribution in [0.4, 0.5) is 5.69 Å². The Morgan fingerprint density at radius 2 is 1.81 bits per heavy atom. The van der Waals surface area contributed by atoms with Crippen molar-refractivity contribution in [2.24, 2.45) is 5.41 Å². The number of hydrogen-bond donors (Lipinski definition) is 6. The van der Waals surface area contributed by atoms with Crippen molar-refractivity contribution in [3.05, 3.63) is 94.9 Å². The topological polar surface area (TPSA) is 173 Å². The molecule has 1 amide bonds. The first-order chi connectivity index (χ1) is 26.0. The van der Waals surface area contributed by atoms with E-state index in [1.54, 1.807) is 30.3 Å². The smallest absolute Gasteiger partial charge is 0.349 e. The van der Waals surface area contributed by atoms with Gasteiger partial charge in [0.25, 0.3) is 0 Å². The highest BCUT2D eigenvalue weighted by molar-refractivity contribution is 7.16. The molecule has 2 aromatic carbocycles. The third-order valence-electron chi connectivity index (χ3n) is 10.5. The number of likely N-dealkylation sites (tertiary alicyclic amines) is 1. The molecule has 1 atom stereocenters. The first-order valence-electron chi connectivity index (χ1n) is 17.6. The van der Waals surface area contributed by atoms with Crippen molar-refractivity contribution in [1.82, 2.24) is 15.2 Å². The Balaban J connectivity index is 0.853. The lowest BCUT2D eigenvalue weighted by atomic mass is 9.61. The van der Waals surface area contributed by atoms with Gasteiger partial charge in [-0.3, -0.25) is 9.59 Å². The van der Waals surface area contributed by atoms with Gasteiger partial charge in [0.2, 0.25) is 11.5 Å². The van der Waals surface area contributed by atoms with Crippen LogP contribution in [0.25, 0.3) is 10.2 Å². The normalized spacial score (nSPS) is 16.7. The van der Waals surface area contributed by atoms with Crippen LogP contribution in [-0.4, -0.2) is 76.5 Å². The van der Waals surface area contributed by atoms with E-state index >= 15 is 0 Å². The van der Waals surface area contributed by atoms with Gasteiger partial charge in [0, 0.05) is 43.2 Å². The van der Waals surface area contributed by atoms with E-state index in [0.29, 0.717) is 55.1 Å². The number of nitrogens with zero attached hydrogens (tertiary/aromatic N) is 1. The molecule has 0 radical (unpaired) electrons. The first-order valence-corrected chi connectivity index (χ1v) is 20.6. The average molecular weight is 813 g/mol. The molecule has 2 fully saturated rings. The van der Waals surface area contributed by atoms with Gasteiger partial charge in [-0.2, -0.15) is 0 Å². The Morgan fingerprint density at radius 3 is 2.46 bits per heavy atom. The van der Waals surface area contributed by atoms with Crippen molar-refractivity contribution in [3.8, 4) is 11.5 Å². The number of amides is 1.